The van der Waals surface area contributed by atoms with Crippen molar-refractivity contribution in [2.45, 2.75) is 37.9 Å². The Bertz CT molecular complexity index is 847. The number of para-hydroxylation sites is 2. The Morgan fingerprint density at radius 1 is 1.00 bits per heavy atom. The van der Waals surface area contributed by atoms with Crippen LogP contribution in [-0.2, 0) is 18.9 Å². The van der Waals surface area contributed by atoms with E-state index in [0.29, 0.717) is 18.1 Å². The molecule has 3 rings (SSSR count). The Labute approximate surface area is 158 Å². The van der Waals surface area contributed by atoms with Crippen molar-refractivity contribution in [1.29, 1.82) is 0 Å². The molecule has 0 aliphatic carbocycles. The van der Waals surface area contributed by atoms with E-state index in [9.17, 15) is 0 Å². The molecule has 0 spiro atoms. The third-order valence-corrected chi connectivity index (χ3v) is 5.06. The molecule has 26 heavy (non-hydrogen) atoms. The van der Waals surface area contributed by atoms with E-state index in [1.54, 1.807) is 18.9 Å². The highest BCUT2D eigenvalue weighted by atomic mass is 32.2. The fourth-order valence-corrected chi connectivity index (χ4v) is 3.54. The average Bonchev–Trinajstić information content (AvgIpc) is 3.08. The van der Waals surface area contributed by atoms with Crippen LogP contribution in [0.1, 0.15) is 23.9 Å². The molecule has 2 aromatic carbocycles. The van der Waals surface area contributed by atoms with Crippen LogP contribution in [0.5, 0.6) is 11.5 Å². The summed E-state index contributed by atoms with van der Waals surface area (Å²) in [6.07, 6.45) is 0. The Balaban J connectivity index is 1.66. The lowest BCUT2D eigenvalue weighted by atomic mass is 10.2. The molecule has 0 unspecified atom stereocenters. The summed E-state index contributed by atoms with van der Waals surface area (Å²) in [7, 11) is 1.64. The van der Waals surface area contributed by atoms with Gasteiger partial charge < -0.3 is 14.0 Å². The van der Waals surface area contributed by atoms with Crippen LogP contribution in [0, 0.1) is 6.92 Å². The lowest BCUT2D eigenvalue weighted by Gasteiger charge is -2.11. The maximum absolute atomic E-state index is 5.89. The van der Waals surface area contributed by atoms with E-state index in [1.165, 1.54) is 11.1 Å². The van der Waals surface area contributed by atoms with Crippen molar-refractivity contribution in [3.05, 3.63) is 65.5 Å². The van der Waals surface area contributed by atoms with Gasteiger partial charge in [-0.3, -0.25) is 0 Å². The highest BCUT2D eigenvalue weighted by molar-refractivity contribution is 7.98. The van der Waals surface area contributed by atoms with Gasteiger partial charge in [0.1, 0.15) is 6.61 Å². The molecule has 0 saturated carbocycles. The zero-order valence-electron chi connectivity index (χ0n) is 15.3. The highest BCUT2D eigenvalue weighted by Crippen LogP contribution is 2.27. The summed E-state index contributed by atoms with van der Waals surface area (Å²) < 4.78 is 13.3. The van der Waals surface area contributed by atoms with Crippen LogP contribution in [0.4, 0.5) is 0 Å². The van der Waals surface area contributed by atoms with Gasteiger partial charge in [0, 0.05) is 12.3 Å². The van der Waals surface area contributed by atoms with Crippen molar-refractivity contribution >= 4 is 11.8 Å². The number of thioether (sulfide) groups is 1. The van der Waals surface area contributed by atoms with Gasteiger partial charge in [-0.25, -0.2) is 0 Å². The molecule has 0 N–H and O–H groups in total. The monoisotopic (exact) mass is 369 g/mol. The van der Waals surface area contributed by atoms with Gasteiger partial charge in [-0.15, -0.1) is 10.2 Å². The molecule has 0 aliphatic rings. The molecule has 1 aromatic heterocycles. The van der Waals surface area contributed by atoms with E-state index in [2.05, 4.69) is 52.9 Å². The van der Waals surface area contributed by atoms with Gasteiger partial charge in [0.05, 0.1) is 7.11 Å². The number of rotatable bonds is 8. The second kappa shape index (κ2) is 8.76. The van der Waals surface area contributed by atoms with E-state index in [-0.39, 0.29) is 0 Å². The van der Waals surface area contributed by atoms with Crippen LogP contribution in [0.3, 0.4) is 0 Å². The first-order chi connectivity index (χ1) is 12.7. The molecular formula is C20H23N3O2S. The molecule has 0 aliphatic heterocycles. The Hall–Kier alpha value is -2.47. The molecule has 0 radical (unpaired) electrons. The van der Waals surface area contributed by atoms with Gasteiger partial charge in [0.2, 0.25) is 0 Å². The summed E-state index contributed by atoms with van der Waals surface area (Å²) in [5.41, 5.74) is 2.55. The van der Waals surface area contributed by atoms with Crippen LogP contribution in [0.2, 0.25) is 0 Å². The second-order valence-electron chi connectivity index (χ2n) is 5.86. The minimum atomic E-state index is 0.353. The SMILES string of the molecule is CCn1c(COc2ccccc2OC)nnc1SCc1ccc(C)cc1. The summed E-state index contributed by atoms with van der Waals surface area (Å²) in [5, 5.41) is 9.56. The summed E-state index contributed by atoms with van der Waals surface area (Å²) in [4.78, 5) is 0. The van der Waals surface area contributed by atoms with Crippen molar-refractivity contribution in [2.75, 3.05) is 7.11 Å². The number of hydrogen-bond acceptors (Lipinski definition) is 5. The van der Waals surface area contributed by atoms with Crippen molar-refractivity contribution < 1.29 is 9.47 Å². The van der Waals surface area contributed by atoms with Gasteiger partial charge in [0.25, 0.3) is 0 Å². The van der Waals surface area contributed by atoms with Crippen LogP contribution >= 0.6 is 11.8 Å². The molecule has 0 fully saturated rings. The third kappa shape index (κ3) is 4.38. The largest absolute Gasteiger partial charge is 0.493 e. The van der Waals surface area contributed by atoms with Gasteiger partial charge in [-0.1, -0.05) is 53.7 Å². The van der Waals surface area contributed by atoms with E-state index < -0.39 is 0 Å². The van der Waals surface area contributed by atoms with Gasteiger partial charge in [0.15, 0.2) is 22.5 Å². The predicted octanol–water partition coefficient (Wildman–Crippen LogP) is 4.49. The van der Waals surface area contributed by atoms with Crippen molar-refractivity contribution in [3.8, 4) is 11.5 Å². The minimum absolute atomic E-state index is 0.353. The summed E-state index contributed by atoms with van der Waals surface area (Å²) in [6, 6.07) is 16.2. The lowest BCUT2D eigenvalue weighted by Crippen LogP contribution is -2.07. The number of nitrogens with zero attached hydrogens (tertiary/aromatic N) is 3. The maximum Gasteiger partial charge on any atom is 0.191 e. The number of ether oxygens (including phenoxy) is 2. The molecule has 3 aromatic rings. The predicted molar refractivity (Wildman–Crippen MR) is 104 cm³/mol. The summed E-state index contributed by atoms with van der Waals surface area (Å²) in [5.74, 6) is 3.09. The molecule has 136 valence electrons. The normalized spacial score (nSPS) is 10.7. The Morgan fingerprint density at radius 2 is 1.73 bits per heavy atom. The Kier molecular flexibility index (Phi) is 6.17. The highest BCUT2D eigenvalue weighted by Gasteiger charge is 2.13. The van der Waals surface area contributed by atoms with Crippen molar-refractivity contribution in [3.63, 3.8) is 0 Å². The molecule has 6 heteroatoms. The van der Waals surface area contributed by atoms with Crippen molar-refractivity contribution in [1.82, 2.24) is 14.8 Å². The van der Waals surface area contributed by atoms with E-state index >= 15 is 0 Å². The molecular weight excluding hydrogens is 346 g/mol. The number of hydrogen-bond donors (Lipinski definition) is 0. The van der Waals surface area contributed by atoms with Crippen LogP contribution < -0.4 is 9.47 Å². The number of aromatic nitrogens is 3. The van der Waals surface area contributed by atoms with Gasteiger partial charge in [-0.05, 0) is 31.5 Å². The molecule has 0 atom stereocenters. The maximum atomic E-state index is 5.89. The zero-order valence-corrected chi connectivity index (χ0v) is 16.1. The van der Waals surface area contributed by atoms with Crippen LogP contribution in [0.15, 0.2) is 53.7 Å². The van der Waals surface area contributed by atoms with Gasteiger partial charge in [-0.2, -0.15) is 0 Å². The summed E-state index contributed by atoms with van der Waals surface area (Å²) in [6.45, 7) is 5.34. The van der Waals surface area contributed by atoms with Crippen LogP contribution in [-0.4, -0.2) is 21.9 Å². The Morgan fingerprint density at radius 3 is 2.42 bits per heavy atom. The number of benzene rings is 2. The number of methoxy groups -OCH3 is 1. The lowest BCUT2D eigenvalue weighted by molar-refractivity contribution is 0.270. The fraction of sp³-hybridized carbons (Fsp3) is 0.300. The average molecular weight is 369 g/mol. The number of aryl methyl sites for hydroxylation is 1. The fourth-order valence-electron chi connectivity index (χ4n) is 2.56. The standard InChI is InChI=1S/C20H23N3O2S/c1-4-23-19(13-25-18-8-6-5-7-17(18)24-3)21-22-20(23)26-14-16-11-9-15(2)10-12-16/h5-12H,4,13-14H2,1-3H3. The summed E-state index contributed by atoms with van der Waals surface area (Å²) >= 11 is 1.69. The zero-order chi connectivity index (χ0) is 18.4. The van der Waals surface area contributed by atoms with E-state index in [1.807, 2.05) is 24.3 Å². The van der Waals surface area contributed by atoms with Gasteiger partial charge >= 0.3 is 0 Å². The molecule has 0 amide bonds. The van der Waals surface area contributed by atoms with Crippen molar-refractivity contribution in [2.24, 2.45) is 0 Å². The topological polar surface area (TPSA) is 49.2 Å². The second-order valence-corrected chi connectivity index (χ2v) is 6.80. The molecule has 1 heterocycles. The molecule has 5 nitrogen and oxygen atoms in total. The van der Waals surface area contributed by atoms with E-state index in [4.69, 9.17) is 9.47 Å². The smallest absolute Gasteiger partial charge is 0.191 e. The third-order valence-electron chi connectivity index (χ3n) is 4.02. The molecule has 0 saturated heterocycles. The first kappa shape index (κ1) is 18.3. The first-order valence-corrected chi connectivity index (χ1v) is 9.56. The minimum Gasteiger partial charge on any atom is -0.493 e. The van der Waals surface area contributed by atoms with Crippen LogP contribution in [0.25, 0.3) is 0 Å². The van der Waals surface area contributed by atoms with E-state index in [0.717, 1.165) is 23.3 Å². The first-order valence-electron chi connectivity index (χ1n) is 8.57. The molecule has 0 bridgehead atoms. The quantitative estimate of drug-likeness (QED) is 0.548.